The van der Waals surface area contributed by atoms with Crippen LogP contribution in [0.15, 0.2) is 36.7 Å². The molecule has 8 heteroatoms. The third-order valence-electron chi connectivity index (χ3n) is 4.72. The summed E-state index contributed by atoms with van der Waals surface area (Å²) in [5.74, 6) is -3.73. The standard InChI is InChI=1S/C18H14F2N4OS/c1-24-8-11-4-10(7-21-16(11)23-24)13-3-2-9-5-14(26-17(9)22-13)15(25)12-6-18(12,19)20/h2-5,7-8,12,15,25H,6H2,1H3/t12-,15-/m1/s1. The molecule has 1 aliphatic carbocycles. The fraction of sp³-hybridized carbons (Fsp3) is 0.278. The molecule has 4 aromatic rings. The highest BCUT2D eigenvalue weighted by molar-refractivity contribution is 7.18. The minimum absolute atomic E-state index is 0.252. The highest BCUT2D eigenvalue weighted by Gasteiger charge is 2.60. The summed E-state index contributed by atoms with van der Waals surface area (Å²) in [7, 11) is 1.84. The van der Waals surface area contributed by atoms with Crippen molar-refractivity contribution in [1.29, 1.82) is 0 Å². The van der Waals surface area contributed by atoms with Gasteiger partial charge in [0.25, 0.3) is 5.92 Å². The van der Waals surface area contributed by atoms with E-state index in [1.807, 2.05) is 31.4 Å². The monoisotopic (exact) mass is 372 g/mol. The smallest absolute Gasteiger partial charge is 0.254 e. The van der Waals surface area contributed by atoms with Crippen molar-refractivity contribution in [3.05, 3.63) is 41.5 Å². The number of nitrogens with zero attached hydrogens (tertiary/aromatic N) is 4. The number of aliphatic hydroxyl groups is 1. The van der Waals surface area contributed by atoms with Crippen LogP contribution in [0.5, 0.6) is 0 Å². The topological polar surface area (TPSA) is 63.8 Å². The summed E-state index contributed by atoms with van der Waals surface area (Å²) in [4.78, 5) is 10.2. The van der Waals surface area contributed by atoms with E-state index < -0.39 is 17.9 Å². The van der Waals surface area contributed by atoms with Gasteiger partial charge in [0.15, 0.2) is 5.65 Å². The fourth-order valence-corrected chi connectivity index (χ4v) is 4.27. The molecule has 5 nitrogen and oxygen atoms in total. The maximum atomic E-state index is 13.2. The summed E-state index contributed by atoms with van der Waals surface area (Å²) in [6, 6.07) is 7.48. The molecule has 0 aromatic carbocycles. The Hall–Kier alpha value is -2.45. The van der Waals surface area contributed by atoms with Gasteiger partial charge in [-0.05, 0) is 24.3 Å². The molecular formula is C18H14F2N4OS. The van der Waals surface area contributed by atoms with Crippen molar-refractivity contribution in [2.24, 2.45) is 13.0 Å². The van der Waals surface area contributed by atoms with Gasteiger partial charge in [-0.15, -0.1) is 11.3 Å². The van der Waals surface area contributed by atoms with Crippen LogP contribution in [-0.2, 0) is 7.05 Å². The molecule has 4 aromatic heterocycles. The summed E-state index contributed by atoms with van der Waals surface area (Å²) in [6.45, 7) is 0. The van der Waals surface area contributed by atoms with E-state index >= 15 is 0 Å². The fourth-order valence-electron chi connectivity index (χ4n) is 3.19. The second-order valence-corrected chi connectivity index (χ2v) is 7.76. The normalized spacial score (nSPS) is 19.9. The third-order valence-corrected chi connectivity index (χ3v) is 5.83. The molecule has 1 aliphatic rings. The lowest BCUT2D eigenvalue weighted by Gasteiger charge is -2.05. The predicted molar refractivity (Wildman–Crippen MR) is 95.1 cm³/mol. The van der Waals surface area contributed by atoms with Crippen LogP contribution in [0.4, 0.5) is 8.78 Å². The van der Waals surface area contributed by atoms with Gasteiger partial charge in [-0.2, -0.15) is 5.10 Å². The van der Waals surface area contributed by atoms with Gasteiger partial charge in [0.1, 0.15) is 4.83 Å². The van der Waals surface area contributed by atoms with E-state index in [9.17, 15) is 13.9 Å². The summed E-state index contributed by atoms with van der Waals surface area (Å²) in [6.07, 6.45) is 2.22. The summed E-state index contributed by atoms with van der Waals surface area (Å²) < 4.78 is 28.1. The molecule has 0 bridgehead atoms. The SMILES string of the molecule is Cn1cc2cc(-c3ccc4cc([C@H](O)[C@H]5CC5(F)F)sc4n3)cnc2n1. The zero-order valence-corrected chi connectivity index (χ0v) is 14.5. The molecule has 0 radical (unpaired) electrons. The van der Waals surface area contributed by atoms with Crippen LogP contribution < -0.4 is 0 Å². The second-order valence-electron chi connectivity index (χ2n) is 6.70. The first-order chi connectivity index (χ1) is 12.4. The van der Waals surface area contributed by atoms with Crippen LogP contribution in [0.2, 0.25) is 0 Å². The van der Waals surface area contributed by atoms with Gasteiger partial charge in [-0.1, -0.05) is 0 Å². The first-order valence-corrected chi connectivity index (χ1v) is 8.98. The maximum Gasteiger partial charge on any atom is 0.254 e. The first-order valence-electron chi connectivity index (χ1n) is 8.17. The predicted octanol–water partition coefficient (Wildman–Crippen LogP) is 3.93. The average molecular weight is 372 g/mol. The van der Waals surface area contributed by atoms with Gasteiger partial charge in [0.05, 0.1) is 17.7 Å². The lowest BCUT2D eigenvalue weighted by atomic mass is 10.1. The van der Waals surface area contributed by atoms with Gasteiger partial charge >= 0.3 is 0 Å². The third kappa shape index (κ3) is 2.48. The molecule has 0 aliphatic heterocycles. The maximum absolute atomic E-state index is 13.2. The highest BCUT2D eigenvalue weighted by atomic mass is 32.1. The lowest BCUT2D eigenvalue weighted by molar-refractivity contribution is 0.0492. The number of thiophene rings is 1. The van der Waals surface area contributed by atoms with Crippen LogP contribution in [0.3, 0.4) is 0 Å². The van der Waals surface area contributed by atoms with Crippen LogP contribution in [0.25, 0.3) is 32.5 Å². The van der Waals surface area contributed by atoms with E-state index in [0.29, 0.717) is 15.4 Å². The van der Waals surface area contributed by atoms with E-state index in [0.717, 1.165) is 22.0 Å². The van der Waals surface area contributed by atoms with E-state index in [2.05, 4.69) is 15.1 Å². The number of aromatic nitrogens is 4. The molecule has 132 valence electrons. The second kappa shape index (κ2) is 5.28. The van der Waals surface area contributed by atoms with Crippen molar-refractivity contribution >= 4 is 32.6 Å². The van der Waals surface area contributed by atoms with Gasteiger partial charge in [-0.3, -0.25) is 4.68 Å². The Morgan fingerprint density at radius 1 is 1.31 bits per heavy atom. The Balaban J connectivity index is 1.52. The van der Waals surface area contributed by atoms with Gasteiger partial charge in [0.2, 0.25) is 0 Å². The molecule has 4 heterocycles. The first kappa shape index (κ1) is 15.8. The van der Waals surface area contributed by atoms with E-state index in [1.165, 1.54) is 11.3 Å². The molecule has 0 spiro atoms. The van der Waals surface area contributed by atoms with Crippen LogP contribution >= 0.6 is 11.3 Å². The lowest BCUT2D eigenvalue weighted by Crippen LogP contribution is -2.04. The van der Waals surface area contributed by atoms with Gasteiger partial charge in [0, 0.05) is 47.1 Å². The number of hydrogen-bond acceptors (Lipinski definition) is 5. The van der Waals surface area contributed by atoms with Crippen molar-refractivity contribution in [3.8, 4) is 11.3 Å². The number of aliphatic hydroxyl groups excluding tert-OH is 1. The van der Waals surface area contributed by atoms with Crippen molar-refractivity contribution < 1.29 is 13.9 Å². The van der Waals surface area contributed by atoms with Gasteiger partial charge < -0.3 is 5.11 Å². The summed E-state index contributed by atoms with van der Waals surface area (Å²) in [5, 5.41) is 16.2. The Kier molecular flexibility index (Phi) is 3.20. The quantitative estimate of drug-likeness (QED) is 0.592. The van der Waals surface area contributed by atoms with Crippen molar-refractivity contribution in [2.45, 2.75) is 18.4 Å². The number of pyridine rings is 2. The Morgan fingerprint density at radius 2 is 2.12 bits per heavy atom. The number of fused-ring (bicyclic) bond motifs is 2. The van der Waals surface area contributed by atoms with Gasteiger partial charge in [-0.25, -0.2) is 18.7 Å². The molecule has 2 atom stereocenters. The molecule has 1 fully saturated rings. The Bertz CT molecular complexity index is 1150. The zero-order valence-electron chi connectivity index (χ0n) is 13.7. The number of alkyl halides is 2. The Morgan fingerprint density at radius 3 is 2.88 bits per heavy atom. The molecule has 0 amide bonds. The van der Waals surface area contributed by atoms with Crippen LogP contribution in [0.1, 0.15) is 17.4 Å². The van der Waals surface area contributed by atoms with Crippen molar-refractivity contribution in [1.82, 2.24) is 19.7 Å². The number of aryl methyl sites for hydroxylation is 1. The molecule has 0 unspecified atom stereocenters. The zero-order chi connectivity index (χ0) is 18.1. The van der Waals surface area contributed by atoms with E-state index in [1.54, 1.807) is 16.9 Å². The molecule has 1 N–H and O–H groups in total. The molecule has 5 rings (SSSR count). The molecule has 1 saturated carbocycles. The minimum atomic E-state index is -2.75. The number of halogens is 2. The highest BCUT2D eigenvalue weighted by Crippen LogP contribution is 2.56. The Labute approximate surface area is 150 Å². The number of hydrogen-bond donors (Lipinski definition) is 1. The van der Waals surface area contributed by atoms with E-state index in [4.69, 9.17) is 0 Å². The molecule has 0 saturated heterocycles. The van der Waals surface area contributed by atoms with Crippen molar-refractivity contribution in [2.75, 3.05) is 0 Å². The average Bonchev–Trinajstić information content (AvgIpc) is 2.97. The molecular weight excluding hydrogens is 358 g/mol. The van der Waals surface area contributed by atoms with Crippen molar-refractivity contribution in [3.63, 3.8) is 0 Å². The summed E-state index contributed by atoms with van der Waals surface area (Å²) >= 11 is 1.26. The number of rotatable bonds is 3. The largest absolute Gasteiger partial charge is 0.387 e. The van der Waals surface area contributed by atoms with E-state index in [-0.39, 0.29) is 6.42 Å². The van der Waals surface area contributed by atoms with Crippen LogP contribution in [0, 0.1) is 5.92 Å². The summed E-state index contributed by atoms with van der Waals surface area (Å²) in [5.41, 5.74) is 2.27. The van der Waals surface area contributed by atoms with Crippen LogP contribution in [-0.4, -0.2) is 30.8 Å². The molecule has 26 heavy (non-hydrogen) atoms. The minimum Gasteiger partial charge on any atom is -0.387 e.